The molecule has 0 spiro atoms. The third-order valence-electron chi connectivity index (χ3n) is 3.53. The lowest BCUT2D eigenvalue weighted by Crippen LogP contribution is -1.86. The van der Waals surface area contributed by atoms with E-state index in [1.54, 1.807) is 0 Å². The summed E-state index contributed by atoms with van der Waals surface area (Å²) in [4.78, 5) is 3.33. The van der Waals surface area contributed by atoms with E-state index in [-0.39, 0.29) is 0 Å². The molecule has 0 aliphatic rings. The predicted molar refractivity (Wildman–Crippen MR) is 76.8 cm³/mol. The molecule has 0 aliphatic carbocycles. The second kappa shape index (κ2) is 7.22. The topological polar surface area (TPSA) is 36.0 Å². The molecule has 0 atom stereocenters. The first-order valence-corrected chi connectivity index (χ1v) is 7.07. The number of benzene rings is 1. The van der Waals surface area contributed by atoms with Crippen LogP contribution in [-0.4, -0.2) is 16.7 Å². The molecule has 2 aromatic rings. The van der Waals surface area contributed by atoms with Gasteiger partial charge in [0.05, 0.1) is 0 Å². The van der Waals surface area contributed by atoms with Crippen LogP contribution in [0.15, 0.2) is 30.5 Å². The molecule has 0 bridgehead atoms. The van der Waals surface area contributed by atoms with Crippen LogP contribution in [0.1, 0.15) is 44.1 Å². The van der Waals surface area contributed by atoms with Gasteiger partial charge in [-0.05, 0) is 30.9 Å². The van der Waals surface area contributed by atoms with Crippen LogP contribution in [0.5, 0.6) is 0 Å². The van der Waals surface area contributed by atoms with Gasteiger partial charge in [-0.1, -0.05) is 43.9 Å². The van der Waals surface area contributed by atoms with E-state index >= 15 is 0 Å². The number of aromatic nitrogens is 1. The van der Waals surface area contributed by atoms with Crippen molar-refractivity contribution in [3.63, 3.8) is 0 Å². The number of aliphatic hydroxyl groups is 1. The molecule has 1 heterocycles. The van der Waals surface area contributed by atoms with Crippen LogP contribution in [0.3, 0.4) is 0 Å². The number of aliphatic hydroxyl groups excluding tert-OH is 1. The zero-order chi connectivity index (χ0) is 12.6. The molecule has 0 saturated heterocycles. The molecule has 2 rings (SSSR count). The Labute approximate surface area is 109 Å². The van der Waals surface area contributed by atoms with Crippen molar-refractivity contribution in [3.8, 4) is 0 Å². The van der Waals surface area contributed by atoms with Crippen LogP contribution in [0.4, 0.5) is 0 Å². The van der Waals surface area contributed by atoms with Gasteiger partial charge in [0.25, 0.3) is 0 Å². The average molecular weight is 245 g/mol. The van der Waals surface area contributed by atoms with Crippen LogP contribution >= 0.6 is 0 Å². The summed E-state index contributed by atoms with van der Waals surface area (Å²) in [5, 5.41) is 10.1. The third kappa shape index (κ3) is 3.61. The molecule has 2 N–H and O–H groups in total. The lowest BCUT2D eigenvalue weighted by molar-refractivity contribution is 0.282. The molecule has 18 heavy (non-hydrogen) atoms. The van der Waals surface area contributed by atoms with E-state index in [1.165, 1.54) is 55.0 Å². The summed E-state index contributed by atoms with van der Waals surface area (Å²) < 4.78 is 0. The fourth-order valence-corrected chi connectivity index (χ4v) is 2.47. The largest absolute Gasteiger partial charge is 0.396 e. The molecule has 0 saturated carbocycles. The minimum absolute atomic E-state index is 0.343. The van der Waals surface area contributed by atoms with Crippen LogP contribution in [0.25, 0.3) is 10.9 Å². The summed E-state index contributed by atoms with van der Waals surface area (Å²) in [6.07, 6.45) is 10.6. The minimum atomic E-state index is 0.343. The Morgan fingerprint density at radius 1 is 0.889 bits per heavy atom. The number of hydrogen-bond donors (Lipinski definition) is 2. The number of H-pyrrole nitrogens is 1. The van der Waals surface area contributed by atoms with Crippen molar-refractivity contribution < 1.29 is 5.11 Å². The molecule has 2 nitrogen and oxygen atoms in total. The Morgan fingerprint density at radius 2 is 1.61 bits per heavy atom. The summed E-state index contributed by atoms with van der Waals surface area (Å²) in [5.74, 6) is 0. The number of rotatable bonds is 8. The van der Waals surface area contributed by atoms with Crippen molar-refractivity contribution in [1.82, 2.24) is 4.98 Å². The van der Waals surface area contributed by atoms with Crippen LogP contribution in [0, 0.1) is 0 Å². The van der Waals surface area contributed by atoms with E-state index in [9.17, 15) is 0 Å². The molecular formula is C16H23NO. The van der Waals surface area contributed by atoms with Crippen molar-refractivity contribution in [2.24, 2.45) is 0 Å². The minimum Gasteiger partial charge on any atom is -0.396 e. The normalized spacial score (nSPS) is 11.2. The van der Waals surface area contributed by atoms with E-state index in [0.717, 1.165) is 6.42 Å². The summed E-state index contributed by atoms with van der Waals surface area (Å²) in [5.41, 5.74) is 2.69. The average Bonchev–Trinajstić information content (AvgIpc) is 2.81. The molecule has 1 aromatic carbocycles. The Hall–Kier alpha value is -1.28. The fraction of sp³-hybridized carbons (Fsp3) is 0.500. The Bertz CT molecular complexity index is 461. The summed E-state index contributed by atoms with van der Waals surface area (Å²) in [7, 11) is 0. The van der Waals surface area contributed by atoms with Crippen LogP contribution < -0.4 is 0 Å². The second-order valence-electron chi connectivity index (χ2n) is 4.95. The molecule has 0 fully saturated rings. The van der Waals surface area contributed by atoms with Gasteiger partial charge in [0.2, 0.25) is 0 Å². The van der Waals surface area contributed by atoms with Gasteiger partial charge >= 0.3 is 0 Å². The number of hydrogen-bond acceptors (Lipinski definition) is 1. The third-order valence-corrected chi connectivity index (χ3v) is 3.53. The molecular weight excluding hydrogens is 222 g/mol. The quantitative estimate of drug-likeness (QED) is 0.676. The first-order valence-electron chi connectivity index (χ1n) is 7.07. The maximum absolute atomic E-state index is 8.69. The maximum Gasteiger partial charge on any atom is 0.0456 e. The zero-order valence-corrected chi connectivity index (χ0v) is 11.0. The van der Waals surface area contributed by atoms with Crippen molar-refractivity contribution in [3.05, 3.63) is 36.0 Å². The van der Waals surface area contributed by atoms with Crippen LogP contribution in [-0.2, 0) is 6.42 Å². The van der Waals surface area contributed by atoms with Gasteiger partial charge in [0, 0.05) is 23.7 Å². The zero-order valence-electron chi connectivity index (χ0n) is 11.0. The SMILES string of the molecule is OCCCCCCCCc1c[nH]c2ccccc12. The first kappa shape index (κ1) is 13.2. The Balaban J connectivity index is 1.70. The van der Waals surface area contributed by atoms with Gasteiger partial charge in [-0.3, -0.25) is 0 Å². The van der Waals surface area contributed by atoms with Crippen molar-refractivity contribution in [1.29, 1.82) is 0 Å². The highest BCUT2D eigenvalue weighted by molar-refractivity contribution is 5.82. The fourth-order valence-electron chi connectivity index (χ4n) is 2.47. The van der Waals surface area contributed by atoms with Gasteiger partial charge in [-0.15, -0.1) is 0 Å². The Morgan fingerprint density at radius 3 is 2.44 bits per heavy atom. The van der Waals surface area contributed by atoms with Gasteiger partial charge in [0.1, 0.15) is 0 Å². The van der Waals surface area contributed by atoms with Crippen molar-refractivity contribution in [2.75, 3.05) is 6.61 Å². The standard InChI is InChI=1S/C16H23NO/c18-12-8-4-2-1-3-5-9-14-13-17-16-11-7-6-10-15(14)16/h6-7,10-11,13,17-18H,1-5,8-9,12H2. The monoisotopic (exact) mass is 245 g/mol. The smallest absolute Gasteiger partial charge is 0.0456 e. The molecule has 0 aliphatic heterocycles. The highest BCUT2D eigenvalue weighted by atomic mass is 16.2. The van der Waals surface area contributed by atoms with E-state index in [4.69, 9.17) is 5.11 Å². The molecule has 0 radical (unpaired) electrons. The van der Waals surface area contributed by atoms with E-state index in [1.807, 2.05) is 0 Å². The van der Waals surface area contributed by atoms with E-state index < -0.39 is 0 Å². The number of nitrogens with one attached hydrogen (secondary N) is 1. The van der Waals surface area contributed by atoms with Gasteiger partial charge < -0.3 is 10.1 Å². The van der Waals surface area contributed by atoms with E-state index in [2.05, 4.69) is 35.4 Å². The number of aromatic amines is 1. The molecule has 0 amide bonds. The Kier molecular flexibility index (Phi) is 5.28. The lowest BCUT2D eigenvalue weighted by Gasteiger charge is -2.01. The first-order chi connectivity index (χ1) is 8.92. The second-order valence-corrected chi connectivity index (χ2v) is 4.95. The summed E-state index contributed by atoms with van der Waals surface area (Å²) >= 11 is 0. The number of aryl methyl sites for hydroxylation is 1. The lowest BCUT2D eigenvalue weighted by atomic mass is 10.0. The van der Waals surface area contributed by atoms with Gasteiger partial charge in [-0.2, -0.15) is 0 Å². The van der Waals surface area contributed by atoms with Crippen molar-refractivity contribution in [2.45, 2.75) is 44.9 Å². The summed E-state index contributed by atoms with van der Waals surface area (Å²) in [6.45, 7) is 0.343. The number of fused-ring (bicyclic) bond motifs is 1. The predicted octanol–water partition coefficient (Wildman–Crippen LogP) is 4.04. The van der Waals surface area contributed by atoms with Crippen molar-refractivity contribution >= 4 is 10.9 Å². The summed E-state index contributed by atoms with van der Waals surface area (Å²) in [6, 6.07) is 8.51. The number of para-hydroxylation sites is 1. The van der Waals surface area contributed by atoms with Gasteiger partial charge in [0.15, 0.2) is 0 Å². The molecule has 0 unspecified atom stereocenters. The molecule has 1 aromatic heterocycles. The van der Waals surface area contributed by atoms with Gasteiger partial charge in [-0.25, -0.2) is 0 Å². The molecule has 2 heteroatoms. The highest BCUT2D eigenvalue weighted by Gasteiger charge is 2.01. The highest BCUT2D eigenvalue weighted by Crippen LogP contribution is 2.20. The van der Waals surface area contributed by atoms with E-state index in [0.29, 0.717) is 6.61 Å². The number of unbranched alkanes of at least 4 members (excludes halogenated alkanes) is 5. The maximum atomic E-state index is 8.69. The molecule has 98 valence electrons. The van der Waals surface area contributed by atoms with Crippen LogP contribution in [0.2, 0.25) is 0 Å².